The van der Waals surface area contributed by atoms with Crippen LogP contribution in [0.25, 0.3) is 16.6 Å². The number of benzene rings is 3. The lowest BCUT2D eigenvalue weighted by atomic mass is 10.1. The Hall–Kier alpha value is -3.68. The van der Waals surface area contributed by atoms with E-state index in [0.29, 0.717) is 16.2 Å². The molecule has 0 atom stereocenters. The van der Waals surface area contributed by atoms with Crippen molar-refractivity contribution in [2.75, 3.05) is 0 Å². The van der Waals surface area contributed by atoms with Crippen molar-refractivity contribution < 1.29 is 19.1 Å². The molecule has 1 heterocycles. The molecule has 0 saturated heterocycles. The third kappa shape index (κ3) is 4.33. The van der Waals surface area contributed by atoms with Crippen LogP contribution in [0.1, 0.15) is 26.4 Å². The normalized spacial score (nSPS) is 10.9. The lowest BCUT2D eigenvalue weighted by molar-refractivity contribution is 0.0685. The van der Waals surface area contributed by atoms with Gasteiger partial charge < -0.3 is 15.0 Å². The van der Waals surface area contributed by atoms with Gasteiger partial charge in [0, 0.05) is 28.2 Å². The second-order valence-corrected chi connectivity index (χ2v) is 7.95. The fourth-order valence-corrected chi connectivity index (χ4v) is 3.90. The number of carbonyl (C=O) groups is 2. The average Bonchev–Trinajstić information content (AvgIpc) is 2.80. The number of hydrogen-bond donors (Lipinski definition) is 2. The van der Waals surface area contributed by atoms with Crippen molar-refractivity contribution in [2.45, 2.75) is 6.54 Å². The number of aromatic nitrogens is 1. The maximum Gasteiger partial charge on any atom is 0.353 e. The Bertz CT molecular complexity index is 1470. The van der Waals surface area contributed by atoms with Crippen molar-refractivity contribution in [3.63, 3.8) is 0 Å². The van der Waals surface area contributed by atoms with E-state index in [1.165, 1.54) is 28.8 Å². The minimum absolute atomic E-state index is 0.0641. The summed E-state index contributed by atoms with van der Waals surface area (Å²) in [5.41, 5.74) is -0.101. The number of carbonyl (C=O) groups excluding carboxylic acids is 1. The minimum atomic E-state index is -1.35. The first-order chi connectivity index (χ1) is 15.8. The summed E-state index contributed by atoms with van der Waals surface area (Å²) < 4.78 is 14.8. The number of hydrogen-bond acceptors (Lipinski definition) is 3. The Kier molecular flexibility index (Phi) is 6.18. The molecule has 33 heavy (non-hydrogen) atoms. The van der Waals surface area contributed by atoms with Crippen LogP contribution in [0.3, 0.4) is 0 Å². The molecule has 0 radical (unpaired) electrons. The van der Waals surface area contributed by atoms with Gasteiger partial charge in [0.05, 0.1) is 16.1 Å². The van der Waals surface area contributed by atoms with Gasteiger partial charge in [0.1, 0.15) is 11.5 Å². The third-order valence-electron chi connectivity index (χ3n) is 5.05. The molecule has 0 unspecified atom stereocenters. The molecule has 0 bridgehead atoms. The van der Waals surface area contributed by atoms with Crippen molar-refractivity contribution in [3.05, 3.63) is 110 Å². The van der Waals surface area contributed by atoms with E-state index in [2.05, 4.69) is 5.32 Å². The average molecular weight is 485 g/mol. The first-order valence-electron chi connectivity index (χ1n) is 9.67. The number of pyridine rings is 1. The second-order valence-electron chi connectivity index (χ2n) is 7.11. The van der Waals surface area contributed by atoms with E-state index in [9.17, 15) is 23.9 Å². The van der Waals surface area contributed by atoms with Gasteiger partial charge in [0.15, 0.2) is 5.43 Å². The predicted molar refractivity (Wildman–Crippen MR) is 124 cm³/mol. The molecular formula is C24H15Cl2FN2O4. The summed E-state index contributed by atoms with van der Waals surface area (Å²) in [6.07, 6.45) is 0. The van der Waals surface area contributed by atoms with E-state index in [1.807, 2.05) is 0 Å². The molecule has 166 valence electrons. The number of fused-ring (bicyclic) bond motifs is 1. The van der Waals surface area contributed by atoms with Gasteiger partial charge in [0.2, 0.25) is 0 Å². The Morgan fingerprint density at radius 3 is 2.39 bits per heavy atom. The number of carboxylic acids is 1. The Labute approximate surface area is 196 Å². The van der Waals surface area contributed by atoms with Crippen LogP contribution >= 0.6 is 23.2 Å². The smallest absolute Gasteiger partial charge is 0.353 e. The molecule has 0 spiro atoms. The maximum absolute atomic E-state index is 13.4. The summed E-state index contributed by atoms with van der Waals surface area (Å²) in [4.78, 5) is 38.2. The SMILES string of the molecule is O=C(NCc1c(C(=O)O)n(-c2ccccc2)c2cc(Cl)ccc2c1=O)c1ccc(F)c(Cl)c1. The number of carboxylic acid groups (broad SMARTS) is 1. The van der Waals surface area contributed by atoms with E-state index in [1.54, 1.807) is 30.3 Å². The van der Waals surface area contributed by atoms with Crippen LogP contribution in [0.2, 0.25) is 10.0 Å². The lowest BCUT2D eigenvalue weighted by Gasteiger charge is -2.19. The first kappa shape index (κ1) is 22.5. The summed E-state index contributed by atoms with van der Waals surface area (Å²) in [6.45, 7) is -0.375. The standard InChI is InChI=1S/C24H15Cl2FN2O4/c25-14-7-8-16-20(11-14)29(15-4-2-1-3-5-15)21(24(32)33)17(22(16)30)12-28-23(31)13-6-9-19(27)18(26)10-13/h1-11H,12H2,(H,28,31)(H,32,33). The fraction of sp³-hybridized carbons (Fsp3) is 0.0417. The topological polar surface area (TPSA) is 88.4 Å². The van der Waals surface area contributed by atoms with Gasteiger partial charge in [-0.3, -0.25) is 9.59 Å². The van der Waals surface area contributed by atoms with Crippen molar-refractivity contribution in [1.82, 2.24) is 9.88 Å². The molecule has 0 fully saturated rings. The van der Waals surface area contributed by atoms with Gasteiger partial charge in [0.25, 0.3) is 5.91 Å². The molecule has 2 N–H and O–H groups in total. The van der Waals surface area contributed by atoms with Gasteiger partial charge in [-0.25, -0.2) is 9.18 Å². The molecule has 9 heteroatoms. The van der Waals surface area contributed by atoms with Crippen molar-refractivity contribution in [3.8, 4) is 5.69 Å². The minimum Gasteiger partial charge on any atom is -0.477 e. The molecule has 0 aliphatic rings. The van der Waals surface area contributed by atoms with Gasteiger partial charge in [-0.05, 0) is 48.5 Å². The predicted octanol–water partition coefficient (Wildman–Crippen LogP) is 5.06. The Morgan fingerprint density at radius 1 is 1.00 bits per heavy atom. The highest BCUT2D eigenvalue weighted by Crippen LogP contribution is 2.25. The fourth-order valence-electron chi connectivity index (χ4n) is 3.55. The molecule has 3 aromatic carbocycles. The molecule has 4 rings (SSSR count). The maximum atomic E-state index is 13.4. The lowest BCUT2D eigenvalue weighted by Crippen LogP contribution is -2.30. The molecule has 0 saturated carbocycles. The van der Waals surface area contributed by atoms with Crippen molar-refractivity contribution in [1.29, 1.82) is 0 Å². The number of nitrogens with one attached hydrogen (secondary N) is 1. The number of amides is 1. The monoisotopic (exact) mass is 484 g/mol. The summed E-state index contributed by atoms with van der Waals surface area (Å²) in [5, 5.41) is 12.9. The van der Waals surface area contributed by atoms with Gasteiger partial charge >= 0.3 is 5.97 Å². The summed E-state index contributed by atoms with van der Waals surface area (Å²) in [6, 6.07) is 16.6. The van der Waals surface area contributed by atoms with Crippen LogP contribution in [0.5, 0.6) is 0 Å². The largest absolute Gasteiger partial charge is 0.477 e. The summed E-state index contributed by atoms with van der Waals surface area (Å²) in [5.74, 6) is -2.68. The van der Waals surface area contributed by atoms with E-state index < -0.39 is 23.1 Å². The number of rotatable bonds is 5. The molecule has 0 aliphatic carbocycles. The molecule has 1 amide bonds. The van der Waals surface area contributed by atoms with E-state index in [-0.39, 0.29) is 33.8 Å². The summed E-state index contributed by atoms with van der Waals surface area (Å²) >= 11 is 11.9. The Balaban J connectivity index is 1.88. The zero-order chi connectivity index (χ0) is 23.7. The number of aromatic carboxylic acids is 1. The number of nitrogens with zero attached hydrogens (tertiary/aromatic N) is 1. The highest BCUT2D eigenvalue weighted by atomic mass is 35.5. The quantitative estimate of drug-likeness (QED) is 0.414. The van der Waals surface area contributed by atoms with Crippen LogP contribution in [0.15, 0.2) is 71.5 Å². The van der Waals surface area contributed by atoms with Crippen molar-refractivity contribution in [2.24, 2.45) is 0 Å². The van der Waals surface area contributed by atoms with E-state index >= 15 is 0 Å². The molecule has 0 aliphatic heterocycles. The van der Waals surface area contributed by atoms with Gasteiger partial charge in [-0.2, -0.15) is 0 Å². The molecule has 4 aromatic rings. The molecular weight excluding hydrogens is 470 g/mol. The molecule has 1 aromatic heterocycles. The van der Waals surface area contributed by atoms with E-state index in [4.69, 9.17) is 23.2 Å². The third-order valence-corrected chi connectivity index (χ3v) is 5.58. The highest BCUT2D eigenvalue weighted by molar-refractivity contribution is 6.31. The van der Waals surface area contributed by atoms with Crippen LogP contribution in [-0.2, 0) is 6.54 Å². The zero-order valence-corrected chi connectivity index (χ0v) is 18.3. The first-order valence-corrected chi connectivity index (χ1v) is 10.4. The van der Waals surface area contributed by atoms with Crippen LogP contribution in [-0.4, -0.2) is 21.6 Å². The highest BCUT2D eigenvalue weighted by Gasteiger charge is 2.24. The van der Waals surface area contributed by atoms with Crippen LogP contribution < -0.4 is 10.7 Å². The zero-order valence-electron chi connectivity index (χ0n) is 16.8. The van der Waals surface area contributed by atoms with Crippen LogP contribution in [0.4, 0.5) is 4.39 Å². The van der Waals surface area contributed by atoms with Crippen LogP contribution in [0, 0.1) is 5.82 Å². The summed E-state index contributed by atoms with van der Waals surface area (Å²) in [7, 11) is 0. The van der Waals surface area contributed by atoms with E-state index in [0.717, 1.165) is 12.1 Å². The second kappa shape index (κ2) is 9.05. The Morgan fingerprint density at radius 2 is 1.73 bits per heavy atom. The molecule has 6 nitrogen and oxygen atoms in total. The van der Waals surface area contributed by atoms with Gasteiger partial charge in [-0.1, -0.05) is 41.4 Å². The number of para-hydroxylation sites is 1. The number of halogens is 3. The van der Waals surface area contributed by atoms with Gasteiger partial charge in [-0.15, -0.1) is 0 Å². The van der Waals surface area contributed by atoms with Crippen molar-refractivity contribution >= 4 is 46.0 Å².